The van der Waals surface area contributed by atoms with Crippen LogP contribution in [0.4, 0.5) is 12.9 Å². The third-order valence-corrected chi connectivity index (χ3v) is 3.53. The van der Waals surface area contributed by atoms with E-state index in [4.69, 9.17) is 0 Å². The second-order valence-electron chi connectivity index (χ2n) is 4.59. The third-order valence-electron chi connectivity index (χ3n) is 3.53. The first-order chi connectivity index (χ1) is 7.59. The van der Waals surface area contributed by atoms with Gasteiger partial charge in [-0.25, -0.2) is 0 Å². The summed E-state index contributed by atoms with van der Waals surface area (Å²) in [6.45, 7) is -4.71. The van der Waals surface area contributed by atoms with Crippen molar-refractivity contribution in [2.24, 2.45) is 0 Å². The second-order valence-corrected chi connectivity index (χ2v) is 4.59. The van der Waals surface area contributed by atoms with E-state index in [0.717, 1.165) is 18.4 Å². The zero-order valence-electron chi connectivity index (χ0n) is 10.1. The van der Waals surface area contributed by atoms with E-state index in [1.165, 1.54) is 0 Å². The first-order valence-corrected chi connectivity index (χ1v) is 5.84. The van der Waals surface area contributed by atoms with Crippen molar-refractivity contribution in [3.63, 3.8) is 0 Å². The van der Waals surface area contributed by atoms with E-state index in [-0.39, 0.29) is 57.3 Å². The fourth-order valence-corrected chi connectivity index (χ4v) is 2.73. The van der Waals surface area contributed by atoms with Crippen LogP contribution in [0.25, 0.3) is 0 Å². The largest absolute Gasteiger partial charge is 1.00 e. The Morgan fingerprint density at radius 2 is 1.53 bits per heavy atom. The monoisotopic (exact) mass is 266 g/mol. The first kappa shape index (κ1) is 15.8. The van der Waals surface area contributed by atoms with Crippen LogP contribution in [-0.2, 0) is 0 Å². The van der Waals surface area contributed by atoms with Gasteiger partial charge in [-0.3, -0.25) is 0 Å². The van der Waals surface area contributed by atoms with Crippen molar-refractivity contribution < 1.29 is 64.3 Å². The van der Waals surface area contributed by atoms with Gasteiger partial charge in [0, 0.05) is 0 Å². The summed E-state index contributed by atoms with van der Waals surface area (Å²) in [5.74, 6) is -1.40. The maximum absolute atomic E-state index is 12.9. The first-order valence-electron chi connectivity index (χ1n) is 5.84. The Bertz CT molecular complexity index is 339. The van der Waals surface area contributed by atoms with Gasteiger partial charge in [0.2, 0.25) is 0 Å². The Hall–Kier alpha value is 0.711. The molecule has 1 aliphatic rings. The molecule has 0 radical (unpaired) electrons. The number of hydrogen-bond acceptors (Lipinski definition) is 0. The maximum atomic E-state index is 12.9. The molecule has 0 spiro atoms. The molecule has 2 atom stereocenters. The van der Waals surface area contributed by atoms with Crippen LogP contribution in [0.1, 0.15) is 37.2 Å². The molecule has 0 N–H and O–H groups in total. The van der Waals surface area contributed by atoms with Gasteiger partial charge in [-0.15, -0.1) is 0 Å². The summed E-state index contributed by atoms with van der Waals surface area (Å²) in [6.07, 6.45) is 2.62. The van der Waals surface area contributed by atoms with Gasteiger partial charge in [0.15, 0.2) is 0 Å². The molecular weight excluding hydrogens is 251 g/mol. The van der Waals surface area contributed by atoms with Crippen molar-refractivity contribution in [3.05, 3.63) is 35.9 Å². The Balaban J connectivity index is 0.00000144. The maximum Gasteiger partial charge on any atom is 1.00 e. The molecule has 0 bridgehead atoms. The molecule has 88 valence electrons. The average molecular weight is 266 g/mol. The molecule has 0 aromatic heterocycles. The van der Waals surface area contributed by atoms with E-state index in [0.29, 0.717) is 12.8 Å². The van der Waals surface area contributed by atoms with Crippen molar-refractivity contribution in [1.82, 2.24) is 0 Å². The van der Waals surface area contributed by atoms with Gasteiger partial charge in [-0.05, 0) is 17.9 Å². The van der Waals surface area contributed by atoms with Gasteiger partial charge in [0.05, 0.1) is 0 Å². The quantitative estimate of drug-likeness (QED) is 0.713. The Labute approximate surface area is 143 Å². The van der Waals surface area contributed by atoms with Crippen LogP contribution in [0, 0.1) is 0 Å². The van der Waals surface area contributed by atoms with E-state index in [2.05, 4.69) is 0 Å². The molecule has 1 saturated carbocycles. The zero-order chi connectivity index (χ0) is 11.6. The van der Waals surface area contributed by atoms with Gasteiger partial charge in [-0.1, -0.05) is 55.4 Å². The van der Waals surface area contributed by atoms with Crippen molar-refractivity contribution in [2.45, 2.75) is 37.4 Å². The molecule has 0 nitrogen and oxygen atoms in total. The smallest absolute Gasteiger partial charge is 0.449 e. The second kappa shape index (κ2) is 6.76. The molecule has 17 heavy (non-hydrogen) atoms. The van der Waals surface area contributed by atoms with E-state index >= 15 is 0 Å². The third kappa shape index (κ3) is 4.10. The summed E-state index contributed by atoms with van der Waals surface area (Å²) in [4.78, 5) is 0. The summed E-state index contributed by atoms with van der Waals surface area (Å²) in [7, 11) is 0. The summed E-state index contributed by atoms with van der Waals surface area (Å²) in [5, 5.41) is 0. The van der Waals surface area contributed by atoms with Crippen molar-refractivity contribution >= 4 is 6.98 Å². The molecule has 0 saturated heterocycles. The van der Waals surface area contributed by atoms with Crippen LogP contribution in [0.2, 0.25) is 5.82 Å². The molecule has 1 aromatic carbocycles. The minimum atomic E-state index is -4.71. The Kier molecular flexibility index (Phi) is 6.27. The summed E-state index contributed by atoms with van der Waals surface area (Å²) < 4.78 is 38.8. The van der Waals surface area contributed by atoms with E-state index < -0.39 is 12.8 Å². The molecule has 1 unspecified atom stereocenters. The standard InChI is InChI=1S/C12H15BF3.K/c14-13(15,16)12-9-5-4-8-11(12)10-6-2-1-3-7-10;/h1-3,6-7,11-12H,4-5,8-9H2;/q-1;+1/t11-,12?;/m1./s1. The van der Waals surface area contributed by atoms with Crippen LogP contribution in [0.5, 0.6) is 0 Å². The summed E-state index contributed by atoms with van der Waals surface area (Å²) in [5.41, 5.74) is 0.853. The van der Waals surface area contributed by atoms with Gasteiger partial charge in [-0.2, -0.15) is 0 Å². The van der Waals surface area contributed by atoms with Gasteiger partial charge >= 0.3 is 58.4 Å². The number of rotatable bonds is 2. The average Bonchev–Trinajstić information content (AvgIpc) is 2.29. The molecule has 0 heterocycles. The van der Waals surface area contributed by atoms with Crippen LogP contribution in [-0.4, -0.2) is 6.98 Å². The predicted octanol–water partition coefficient (Wildman–Crippen LogP) is 1.57. The normalized spacial score (nSPS) is 25.1. The topological polar surface area (TPSA) is 0 Å². The van der Waals surface area contributed by atoms with E-state index in [1.54, 1.807) is 0 Å². The Morgan fingerprint density at radius 3 is 2.12 bits per heavy atom. The fourth-order valence-electron chi connectivity index (χ4n) is 2.73. The van der Waals surface area contributed by atoms with E-state index in [1.807, 2.05) is 30.3 Å². The molecule has 0 amide bonds. The fraction of sp³-hybridized carbons (Fsp3) is 0.500. The molecular formula is C12H15BF3K. The van der Waals surface area contributed by atoms with Crippen molar-refractivity contribution in [3.8, 4) is 0 Å². The summed E-state index contributed by atoms with van der Waals surface area (Å²) in [6, 6.07) is 9.14. The zero-order valence-corrected chi connectivity index (χ0v) is 13.2. The molecule has 1 aliphatic carbocycles. The SMILES string of the molecule is F[B-](F)(F)C1CCCC[C@@H]1c1ccccc1.[K+]. The molecule has 0 aliphatic heterocycles. The minimum absolute atomic E-state index is 0. The number of hydrogen-bond donors (Lipinski definition) is 0. The number of benzene rings is 1. The van der Waals surface area contributed by atoms with Crippen LogP contribution >= 0.6 is 0 Å². The molecule has 5 heteroatoms. The van der Waals surface area contributed by atoms with Crippen molar-refractivity contribution in [2.75, 3.05) is 0 Å². The summed E-state index contributed by atoms with van der Waals surface area (Å²) >= 11 is 0. The Morgan fingerprint density at radius 1 is 0.941 bits per heavy atom. The van der Waals surface area contributed by atoms with Gasteiger partial charge in [0.25, 0.3) is 0 Å². The van der Waals surface area contributed by atoms with Gasteiger partial charge in [0.1, 0.15) is 0 Å². The van der Waals surface area contributed by atoms with Crippen LogP contribution in [0.15, 0.2) is 30.3 Å². The van der Waals surface area contributed by atoms with Gasteiger partial charge < -0.3 is 12.9 Å². The number of halogens is 3. The van der Waals surface area contributed by atoms with Crippen molar-refractivity contribution in [1.29, 1.82) is 0 Å². The van der Waals surface area contributed by atoms with Crippen LogP contribution in [0.3, 0.4) is 0 Å². The molecule has 2 rings (SSSR count). The van der Waals surface area contributed by atoms with E-state index in [9.17, 15) is 12.9 Å². The van der Waals surface area contributed by atoms with Crippen LogP contribution < -0.4 is 51.4 Å². The molecule has 1 aromatic rings. The minimum Gasteiger partial charge on any atom is -0.449 e. The molecule has 1 fully saturated rings. The predicted molar refractivity (Wildman–Crippen MR) is 60.5 cm³/mol.